The van der Waals surface area contributed by atoms with Gasteiger partial charge in [-0.2, -0.15) is 0 Å². The number of hydrogen-bond donors (Lipinski definition) is 2. The topological polar surface area (TPSA) is 157 Å². The van der Waals surface area contributed by atoms with Crippen LogP contribution in [0.25, 0.3) is 0 Å². The van der Waals surface area contributed by atoms with E-state index in [0.717, 1.165) is 34.6 Å². The molecule has 12 heteroatoms. The molecule has 0 bridgehead atoms. The summed E-state index contributed by atoms with van der Waals surface area (Å²) in [5, 5.41) is 14.9. The van der Waals surface area contributed by atoms with E-state index in [1.807, 2.05) is 0 Å². The molecule has 0 aliphatic carbocycles. The van der Waals surface area contributed by atoms with Gasteiger partial charge in [-0.3, -0.25) is 24.0 Å². The summed E-state index contributed by atoms with van der Waals surface area (Å²) in [5.74, 6) is -4.03. The zero-order valence-electron chi connectivity index (χ0n) is 12.4. The molecule has 22 heavy (non-hydrogen) atoms. The molecule has 0 rings (SSSR count). The Labute approximate surface area is 139 Å². The predicted octanol–water partition coefficient (Wildman–Crippen LogP) is -0.0980. The van der Waals surface area contributed by atoms with Gasteiger partial charge in [0.15, 0.2) is 0 Å². The van der Waals surface area contributed by atoms with Crippen molar-refractivity contribution in [3.63, 3.8) is 0 Å². The summed E-state index contributed by atoms with van der Waals surface area (Å²) < 4.78 is 0. The van der Waals surface area contributed by atoms with Crippen LogP contribution in [0, 0.1) is 0 Å². The van der Waals surface area contributed by atoms with Gasteiger partial charge in [0, 0.05) is 55.0 Å². The molecule has 0 saturated heterocycles. The van der Waals surface area contributed by atoms with Gasteiger partial charge in [0.05, 0.1) is 0 Å². The summed E-state index contributed by atoms with van der Waals surface area (Å²) in [6.07, 6.45) is 0. The number of carbonyl (C=O) groups excluding carboxylic acids is 3. The first kappa shape index (κ1) is 28.2. The van der Waals surface area contributed by atoms with Crippen molar-refractivity contribution in [2.24, 2.45) is 0 Å². The van der Waals surface area contributed by atoms with Crippen molar-refractivity contribution in [2.45, 2.75) is 34.6 Å². The Balaban J connectivity index is -0.000000150. The fourth-order valence-corrected chi connectivity index (χ4v) is 0.371. The van der Waals surface area contributed by atoms with Gasteiger partial charge in [-0.1, -0.05) is 0 Å². The summed E-state index contributed by atoms with van der Waals surface area (Å²) in [6.45, 7) is 5.33. The van der Waals surface area contributed by atoms with Crippen molar-refractivity contribution in [3.8, 4) is 0 Å². The molecule has 0 atom stereocenters. The maximum atomic E-state index is 10.4. The minimum absolute atomic E-state index is 0. The molecule has 0 radical (unpaired) electrons. The minimum atomic E-state index is -0.833. The monoisotopic (exact) mass is 417 g/mol. The number of carboxylic acid groups (broad SMARTS) is 2. The molecule has 11 nitrogen and oxygen atoms in total. The normalized spacial score (nSPS) is 7.73. The second-order valence-electron chi connectivity index (χ2n) is 3.01. The maximum Gasteiger partial charge on any atom is 0.329 e. The first-order valence-corrected chi connectivity index (χ1v) is 5.13. The van der Waals surface area contributed by atoms with Crippen LogP contribution in [0.1, 0.15) is 34.6 Å². The largest absolute Gasteiger partial charge is 0.481 e. The van der Waals surface area contributed by atoms with Gasteiger partial charge in [-0.05, 0) is 0 Å². The molecule has 2 N–H and O–H groups in total. The Hall–Kier alpha value is -2.03. The molecule has 0 aliphatic rings. The number of aliphatic carboxylic acids is 2. The van der Waals surface area contributed by atoms with Gasteiger partial charge >= 0.3 is 17.9 Å². The first-order chi connectivity index (χ1) is 9.38. The molecule has 132 valence electrons. The summed E-state index contributed by atoms with van der Waals surface area (Å²) in [5.41, 5.74) is 0. The van der Waals surface area contributed by atoms with Crippen molar-refractivity contribution in [3.05, 3.63) is 0 Å². The zero-order chi connectivity index (χ0) is 17.6. The van der Waals surface area contributed by atoms with Crippen molar-refractivity contribution >= 4 is 29.8 Å². The van der Waals surface area contributed by atoms with Gasteiger partial charge in [0.2, 0.25) is 5.39 Å². The SMILES string of the molecule is CC(=O)O.CC(=O)O.CC(=O)ON(OC(C)=O)OC(C)=O.[Pd]. The van der Waals surface area contributed by atoms with Gasteiger partial charge in [-0.25, -0.2) is 0 Å². The molecule has 0 spiro atoms. The number of rotatable bonds is 3. The van der Waals surface area contributed by atoms with Crippen LogP contribution in [0.15, 0.2) is 0 Å². The van der Waals surface area contributed by atoms with Gasteiger partial charge in [0.25, 0.3) is 11.9 Å². The van der Waals surface area contributed by atoms with Gasteiger partial charge < -0.3 is 24.7 Å². The molecular weight excluding hydrogens is 401 g/mol. The Morgan fingerprint density at radius 3 is 0.864 bits per heavy atom. The van der Waals surface area contributed by atoms with E-state index >= 15 is 0 Å². The molecule has 0 aliphatic heterocycles. The van der Waals surface area contributed by atoms with E-state index in [9.17, 15) is 14.4 Å². The van der Waals surface area contributed by atoms with Crippen molar-refractivity contribution in [2.75, 3.05) is 0 Å². The average Bonchev–Trinajstić information content (AvgIpc) is 2.10. The van der Waals surface area contributed by atoms with Crippen molar-refractivity contribution in [1.29, 1.82) is 0 Å². The zero-order valence-corrected chi connectivity index (χ0v) is 14.0. The Morgan fingerprint density at radius 1 is 0.636 bits per heavy atom. The van der Waals surface area contributed by atoms with Gasteiger partial charge in [-0.15, -0.1) is 0 Å². The molecule has 0 saturated carbocycles. The van der Waals surface area contributed by atoms with Crippen LogP contribution in [-0.4, -0.2) is 45.4 Å². The van der Waals surface area contributed by atoms with Crippen molar-refractivity contribution in [1.82, 2.24) is 5.39 Å². The molecular formula is C10H17NO10Pd. The maximum absolute atomic E-state index is 10.4. The average molecular weight is 418 g/mol. The number of hydrogen-bond acceptors (Lipinski definition) is 9. The number of carboxylic acids is 2. The summed E-state index contributed by atoms with van der Waals surface area (Å²) >= 11 is 0. The fraction of sp³-hybridized carbons (Fsp3) is 0.500. The summed E-state index contributed by atoms with van der Waals surface area (Å²) in [4.78, 5) is 61.7. The van der Waals surface area contributed by atoms with E-state index in [2.05, 4.69) is 14.5 Å². The van der Waals surface area contributed by atoms with E-state index in [-0.39, 0.29) is 25.8 Å². The van der Waals surface area contributed by atoms with Crippen LogP contribution in [0.3, 0.4) is 0 Å². The van der Waals surface area contributed by atoms with E-state index < -0.39 is 29.8 Å². The van der Waals surface area contributed by atoms with Crippen LogP contribution in [0.5, 0.6) is 0 Å². The van der Waals surface area contributed by atoms with Crippen LogP contribution in [0.4, 0.5) is 0 Å². The number of nitrogens with zero attached hydrogens (tertiary/aromatic N) is 1. The number of carbonyl (C=O) groups is 5. The second-order valence-corrected chi connectivity index (χ2v) is 3.01. The molecule has 0 aromatic carbocycles. The van der Waals surface area contributed by atoms with Crippen LogP contribution in [0.2, 0.25) is 0 Å². The first-order valence-electron chi connectivity index (χ1n) is 5.13. The van der Waals surface area contributed by atoms with E-state index in [1.54, 1.807) is 0 Å². The molecule has 0 heterocycles. The summed E-state index contributed by atoms with van der Waals surface area (Å²) in [6, 6.07) is 0. The Kier molecular flexibility index (Phi) is 21.8. The smallest absolute Gasteiger partial charge is 0.329 e. The molecule has 0 unspecified atom stereocenters. The van der Waals surface area contributed by atoms with Crippen LogP contribution in [-0.2, 0) is 58.9 Å². The fourth-order valence-electron chi connectivity index (χ4n) is 0.371. The molecule has 0 aromatic heterocycles. The Bertz CT molecular complexity index is 326. The molecule has 0 aromatic rings. The molecule has 0 amide bonds. The van der Waals surface area contributed by atoms with Crippen LogP contribution < -0.4 is 0 Å². The van der Waals surface area contributed by atoms with Crippen LogP contribution >= 0.6 is 0 Å². The third-order valence-electron chi connectivity index (χ3n) is 0.609. The van der Waals surface area contributed by atoms with Gasteiger partial charge in [0.1, 0.15) is 0 Å². The van der Waals surface area contributed by atoms with Crippen molar-refractivity contribution < 1.29 is 69.1 Å². The second kappa shape index (κ2) is 17.0. The molecule has 0 fully saturated rings. The standard InChI is InChI=1S/C6H9NO6.2C2H4O2.Pd/c1-4(8)11-7(12-5(2)9)13-6(3)10;2*1-2(3)4;/h1-3H3;2*1H3,(H,3,4);. The minimum Gasteiger partial charge on any atom is -0.481 e. The third-order valence-corrected chi connectivity index (χ3v) is 0.609. The van der Waals surface area contributed by atoms with E-state index in [0.29, 0.717) is 0 Å². The van der Waals surface area contributed by atoms with E-state index in [4.69, 9.17) is 19.8 Å². The quantitative estimate of drug-likeness (QED) is 0.466. The third kappa shape index (κ3) is 52.1. The summed E-state index contributed by atoms with van der Waals surface area (Å²) in [7, 11) is 0. The Morgan fingerprint density at radius 2 is 0.773 bits per heavy atom. The predicted molar refractivity (Wildman–Crippen MR) is 63.8 cm³/mol. The van der Waals surface area contributed by atoms with E-state index in [1.165, 1.54) is 0 Å².